The molecule has 1 heterocycles. The first-order valence-corrected chi connectivity index (χ1v) is 6.40. The van der Waals surface area contributed by atoms with E-state index in [4.69, 9.17) is 15.6 Å². The second kappa shape index (κ2) is 6.02. The van der Waals surface area contributed by atoms with E-state index in [1.54, 1.807) is 0 Å². The quantitative estimate of drug-likeness (QED) is 0.747. The molecule has 2 rings (SSSR count). The van der Waals surface area contributed by atoms with Gasteiger partial charge in [-0.15, -0.1) is 0 Å². The molecule has 1 saturated heterocycles. The minimum atomic E-state index is -1.15. The maximum atomic E-state index is 11.5. The molecule has 6 heteroatoms. The molecule has 4 N–H and O–H groups in total. The molecule has 0 aromatic heterocycles. The number of hydrogen-bond donors (Lipinski definition) is 3. The van der Waals surface area contributed by atoms with Crippen molar-refractivity contribution < 1.29 is 24.5 Å². The van der Waals surface area contributed by atoms with E-state index in [1.165, 1.54) is 0 Å². The van der Waals surface area contributed by atoms with E-state index in [0.29, 0.717) is 0 Å². The summed E-state index contributed by atoms with van der Waals surface area (Å²) in [6, 6.07) is 9.08. The van der Waals surface area contributed by atoms with E-state index in [9.17, 15) is 14.7 Å². The Hall–Kier alpha value is -1.92. The van der Waals surface area contributed by atoms with Crippen LogP contribution in [0.2, 0.25) is 0 Å². The van der Waals surface area contributed by atoms with Crippen LogP contribution in [0.15, 0.2) is 30.3 Å². The Morgan fingerprint density at radius 3 is 2.35 bits per heavy atom. The summed E-state index contributed by atoms with van der Waals surface area (Å²) in [6.07, 6.45) is -1.79. The fourth-order valence-corrected chi connectivity index (χ4v) is 2.73. The number of nitrogens with two attached hydrogens (primary N) is 1. The predicted octanol–water partition coefficient (Wildman–Crippen LogP) is 0.672. The molecule has 1 aromatic carbocycles. The molecule has 108 valence electrons. The molecule has 0 spiro atoms. The molecule has 1 fully saturated rings. The number of benzene rings is 1. The van der Waals surface area contributed by atoms with Crippen molar-refractivity contribution in [1.82, 2.24) is 0 Å². The zero-order valence-corrected chi connectivity index (χ0v) is 10.8. The highest BCUT2D eigenvalue weighted by Crippen LogP contribution is 2.38. The van der Waals surface area contributed by atoms with Crippen LogP contribution >= 0.6 is 0 Å². The summed E-state index contributed by atoms with van der Waals surface area (Å²) in [4.78, 5) is 22.5. The highest BCUT2D eigenvalue weighted by Gasteiger charge is 2.44. The topological polar surface area (TPSA) is 110 Å². The molecule has 20 heavy (non-hydrogen) atoms. The Kier molecular flexibility index (Phi) is 4.36. The number of hydrogen-bond acceptors (Lipinski definition) is 4. The largest absolute Gasteiger partial charge is 0.481 e. The third kappa shape index (κ3) is 2.81. The van der Waals surface area contributed by atoms with Crippen LogP contribution in [0.25, 0.3) is 0 Å². The van der Waals surface area contributed by atoms with Gasteiger partial charge in [-0.05, 0) is 12.0 Å². The third-order valence-corrected chi connectivity index (χ3v) is 3.65. The van der Waals surface area contributed by atoms with Crippen LogP contribution in [0.1, 0.15) is 17.9 Å². The lowest BCUT2D eigenvalue weighted by molar-refractivity contribution is -0.170. The van der Waals surface area contributed by atoms with Crippen molar-refractivity contribution in [2.75, 3.05) is 6.54 Å². The summed E-state index contributed by atoms with van der Waals surface area (Å²) in [5.74, 6) is -3.43. The number of ether oxygens (including phenoxy) is 1. The summed E-state index contributed by atoms with van der Waals surface area (Å²) in [5, 5.41) is 18.4. The van der Waals surface area contributed by atoms with Crippen LogP contribution in [-0.2, 0) is 14.3 Å². The fourth-order valence-electron chi connectivity index (χ4n) is 2.73. The summed E-state index contributed by atoms with van der Waals surface area (Å²) in [7, 11) is 0. The Bertz CT molecular complexity index is 490. The van der Waals surface area contributed by atoms with Gasteiger partial charge in [-0.25, -0.2) is 4.79 Å². The van der Waals surface area contributed by atoms with Crippen LogP contribution < -0.4 is 5.73 Å². The van der Waals surface area contributed by atoms with Crippen molar-refractivity contribution in [3.05, 3.63) is 35.9 Å². The summed E-state index contributed by atoms with van der Waals surface area (Å²) >= 11 is 0. The van der Waals surface area contributed by atoms with Gasteiger partial charge in [0, 0.05) is 12.5 Å². The monoisotopic (exact) mass is 279 g/mol. The molecule has 0 aliphatic carbocycles. The smallest absolute Gasteiger partial charge is 0.332 e. The van der Waals surface area contributed by atoms with Crippen molar-refractivity contribution >= 4 is 11.9 Å². The van der Waals surface area contributed by atoms with E-state index in [1.807, 2.05) is 30.3 Å². The first-order chi connectivity index (χ1) is 9.54. The Labute approximate surface area is 116 Å². The first-order valence-electron chi connectivity index (χ1n) is 6.40. The van der Waals surface area contributed by atoms with Gasteiger partial charge in [0.2, 0.25) is 0 Å². The van der Waals surface area contributed by atoms with E-state index >= 15 is 0 Å². The molecule has 4 unspecified atom stereocenters. The van der Waals surface area contributed by atoms with Crippen LogP contribution in [0.3, 0.4) is 0 Å². The van der Waals surface area contributed by atoms with Gasteiger partial charge < -0.3 is 20.7 Å². The fraction of sp³-hybridized carbons (Fsp3) is 0.429. The van der Waals surface area contributed by atoms with Crippen LogP contribution in [0.4, 0.5) is 0 Å². The zero-order chi connectivity index (χ0) is 14.7. The maximum absolute atomic E-state index is 11.5. The zero-order valence-electron chi connectivity index (χ0n) is 10.8. The van der Waals surface area contributed by atoms with Gasteiger partial charge in [0.15, 0.2) is 6.10 Å². The molecule has 4 atom stereocenters. The predicted molar refractivity (Wildman–Crippen MR) is 70.3 cm³/mol. The third-order valence-electron chi connectivity index (χ3n) is 3.65. The Morgan fingerprint density at radius 1 is 1.20 bits per heavy atom. The standard InChI is InChI=1S/C14H17NO5/c15-7-11-12(8-4-2-1-3-5-8)9(13(16)17)6-10(20-11)14(18)19/h1-5,9-12H,6-7,15H2,(H,16,17)(H,18,19). The molecule has 0 radical (unpaired) electrons. The number of rotatable bonds is 4. The van der Waals surface area contributed by atoms with Gasteiger partial charge in [-0.3, -0.25) is 4.79 Å². The van der Waals surface area contributed by atoms with Crippen LogP contribution in [-0.4, -0.2) is 40.9 Å². The molecule has 6 nitrogen and oxygen atoms in total. The highest BCUT2D eigenvalue weighted by atomic mass is 16.5. The minimum Gasteiger partial charge on any atom is -0.481 e. The van der Waals surface area contributed by atoms with Gasteiger partial charge in [0.25, 0.3) is 0 Å². The average Bonchev–Trinajstić information content (AvgIpc) is 2.46. The lowest BCUT2D eigenvalue weighted by atomic mass is 9.76. The minimum absolute atomic E-state index is 0.0548. The van der Waals surface area contributed by atoms with Crippen molar-refractivity contribution in [2.24, 2.45) is 11.7 Å². The molecule has 0 amide bonds. The van der Waals surface area contributed by atoms with Gasteiger partial charge >= 0.3 is 11.9 Å². The Morgan fingerprint density at radius 2 is 1.85 bits per heavy atom. The number of carboxylic acid groups (broad SMARTS) is 2. The van der Waals surface area contributed by atoms with Gasteiger partial charge in [0.05, 0.1) is 12.0 Å². The summed E-state index contributed by atoms with van der Waals surface area (Å²) in [5.41, 5.74) is 6.45. The van der Waals surface area contributed by atoms with E-state index in [2.05, 4.69) is 0 Å². The summed E-state index contributed by atoms with van der Waals surface area (Å²) < 4.78 is 5.46. The van der Waals surface area contributed by atoms with E-state index < -0.39 is 36.0 Å². The number of carboxylic acids is 2. The number of carbonyl (C=O) groups is 2. The van der Waals surface area contributed by atoms with Crippen molar-refractivity contribution in [2.45, 2.75) is 24.5 Å². The van der Waals surface area contributed by atoms with E-state index in [0.717, 1.165) is 5.56 Å². The van der Waals surface area contributed by atoms with Crippen molar-refractivity contribution in [1.29, 1.82) is 0 Å². The SMILES string of the molecule is NCC1OC(C(=O)O)CC(C(=O)O)C1c1ccccc1. The average molecular weight is 279 g/mol. The second-order valence-corrected chi connectivity index (χ2v) is 4.85. The van der Waals surface area contributed by atoms with Gasteiger partial charge in [-0.1, -0.05) is 30.3 Å². The van der Waals surface area contributed by atoms with Crippen molar-refractivity contribution in [3.8, 4) is 0 Å². The number of aliphatic carboxylic acids is 2. The first kappa shape index (κ1) is 14.5. The van der Waals surface area contributed by atoms with Crippen LogP contribution in [0.5, 0.6) is 0 Å². The molecule has 1 aromatic rings. The highest BCUT2D eigenvalue weighted by molar-refractivity contribution is 5.76. The molecule has 1 aliphatic rings. The van der Waals surface area contributed by atoms with Crippen molar-refractivity contribution in [3.63, 3.8) is 0 Å². The molecular formula is C14H17NO5. The normalized spacial score (nSPS) is 29.9. The second-order valence-electron chi connectivity index (χ2n) is 4.85. The molecular weight excluding hydrogens is 262 g/mol. The van der Waals surface area contributed by atoms with Gasteiger partial charge in [-0.2, -0.15) is 0 Å². The lowest BCUT2D eigenvalue weighted by Crippen LogP contribution is -2.48. The summed E-state index contributed by atoms with van der Waals surface area (Å²) in [6.45, 7) is 0.0765. The van der Waals surface area contributed by atoms with Gasteiger partial charge in [0.1, 0.15) is 0 Å². The van der Waals surface area contributed by atoms with Crippen LogP contribution in [0, 0.1) is 5.92 Å². The van der Waals surface area contributed by atoms with E-state index in [-0.39, 0.29) is 13.0 Å². The molecule has 0 bridgehead atoms. The molecule has 1 aliphatic heterocycles. The maximum Gasteiger partial charge on any atom is 0.332 e. The lowest BCUT2D eigenvalue weighted by Gasteiger charge is -2.38. The molecule has 0 saturated carbocycles. The Balaban J connectivity index is 2.36.